The SMILES string of the molecule is Cc1cccc(Cl)c1NCc1cc(Cl)c2c(c1)OCCO2. The Morgan fingerprint density at radius 2 is 1.90 bits per heavy atom. The smallest absolute Gasteiger partial charge is 0.179 e. The molecule has 21 heavy (non-hydrogen) atoms. The maximum atomic E-state index is 6.23. The van der Waals surface area contributed by atoms with Crippen molar-refractivity contribution in [1.29, 1.82) is 0 Å². The van der Waals surface area contributed by atoms with Gasteiger partial charge < -0.3 is 14.8 Å². The zero-order valence-corrected chi connectivity index (χ0v) is 13.1. The van der Waals surface area contributed by atoms with Crippen molar-refractivity contribution < 1.29 is 9.47 Å². The molecule has 0 spiro atoms. The van der Waals surface area contributed by atoms with Gasteiger partial charge in [0.2, 0.25) is 0 Å². The van der Waals surface area contributed by atoms with Gasteiger partial charge in [0, 0.05) is 6.54 Å². The fraction of sp³-hybridized carbons (Fsp3) is 0.250. The zero-order chi connectivity index (χ0) is 14.8. The first-order valence-electron chi connectivity index (χ1n) is 6.72. The van der Waals surface area contributed by atoms with E-state index >= 15 is 0 Å². The van der Waals surface area contributed by atoms with Crippen LogP contribution < -0.4 is 14.8 Å². The molecule has 3 nitrogen and oxygen atoms in total. The number of hydrogen-bond acceptors (Lipinski definition) is 3. The van der Waals surface area contributed by atoms with E-state index in [9.17, 15) is 0 Å². The molecule has 0 amide bonds. The van der Waals surface area contributed by atoms with Crippen LogP contribution in [0.15, 0.2) is 30.3 Å². The number of para-hydroxylation sites is 1. The van der Waals surface area contributed by atoms with Crippen molar-refractivity contribution in [1.82, 2.24) is 0 Å². The highest BCUT2D eigenvalue weighted by atomic mass is 35.5. The van der Waals surface area contributed by atoms with Crippen LogP contribution in [-0.2, 0) is 6.54 Å². The van der Waals surface area contributed by atoms with Crippen LogP contribution in [0.1, 0.15) is 11.1 Å². The summed E-state index contributed by atoms with van der Waals surface area (Å²) in [7, 11) is 0. The third kappa shape index (κ3) is 3.04. The third-order valence-corrected chi connectivity index (χ3v) is 3.94. The van der Waals surface area contributed by atoms with Crippen molar-refractivity contribution in [3.8, 4) is 11.5 Å². The van der Waals surface area contributed by atoms with Crippen LogP contribution in [0.3, 0.4) is 0 Å². The molecule has 3 rings (SSSR count). The summed E-state index contributed by atoms with van der Waals surface area (Å²) in [4.78, 5) is 0. The van der Waals surface area contributed by atoms with E-state index in [1.807, 2.05) is 37.3 Å². The lowest BCUT2D eigenvalue weighted by molar-refractivity contribution is 0.171. The molecule has 0 bridgehead atoms. The number of benzene rings is 2. The molecule has 2 aromatic carbocycles. The molecule has 1 aliphatic heterocycles. The van der Waals surface area contributed by atoms with E-state index in [0.717, 1.165) is 16.8 Å². The second-order valence-corrected chi connectivity index (χ2v) is 5.70. The van der Waals surface area contributed by atoms with E-state index in [4.69, 9.17) is 32.7 Å². The van der Waals surface area contributed by atoms with Crippen LogP contribution >= 0.6 is 23.2 Å². The molecule has 1 heterocycles. The first kappa shape index (κ1) is 14.4. The van der Waals surface area contributed by atoms with Gasteiger partial charge in [-0.3, -0.25) is 0 Å². The van der Waals surface area contributed by atoms with Crippen LogP contribution in [0, 0.1) is 6.92 Å². The Bertz CT molecular complexity index is 653. The van der Waals surface area contributed by atoms with Crippen molar-refractivity contribution in [2.75, 3.05) is 18.5 Å². The molecule has 0 unspecified atom stereocenters. The summed E-state index contributed by atoms with van der Waals surface area (Å²) in [6.45, 7) is 3.71. The zero-order valence-electron chi connectivity index (χ0n) is 11.6. The summed E-state index contributed by atoms with van der Waals surface area (Å²) in [5, 5.41) is 4.62. The van der Waals surface area contributed by atoms with Crippen molar-refractivity contribution in [3.63, 3.8) is 0 Å². The van der Waals surface area contributed by atoms with Crippen molar-refractivity contribution in [2.24, 2.45) is 0 Å². The Labute approximate surface area is 133 Å². The van der Waals surface area contributed by atoms with Gasteiger partial charge in [0.25, 0.3) is 0 Å². The highest BCUT2D eigenvalue weighted by Crippen LogP contribution is 2.38. The van der Waals surface area contributed by atoms with E-state index in [1.54, 1.807) is 0 Å². The predicted octanol–water partition coefficient (Wildman–Crippen LogP) is 4.69. The summed E-state index contributed by atoms with van der Waals surface area (Å²) in [5.74, 6) is 1.32. The number of rotatable bonds is 3. The first-order chi connectivity index (χ1) is 10.1. The summed E-state index contributed by atoms with van der Waals surface area (Å²) < 4.78 is 11.1. The number of anilines is 1. The lowest BCUT2D eigenvalue weighted by Crippen LogP contribution is -2.16. The van der Waals surface area contributed by atoms with E-state index < -0.39 is 0 Å². The molecule has 2 aromatic rings. The molecule has 110 valence electrons. The fourth-order valence-corrected chi connectivity index (χ4v) is 2.89. The average Bonchev–Trinajstić information content (AvgIpc) is 2.47. The molecular formula is C16H15Cl2NO2. The van der Waals surface area contributed by atoms with E-state index in [-0.39, 0.29) is 0 Å². The van der Waals surface area contributed by atoms with E-state index in [1.165, 1.54) is 0 Å². The maximum absolute atomic E-state index is 6.23. The standard InChI is InChI=1S/C16H15Cl2NO2/c1-10-3-2-4-12(17)15(10)19-9-11-7-13(18)16-14(8-11)20-5-6-21-16/h2-4,7-8,19H,5-6,9H2,1H3. The number of fused-ring (bicyclic) bond motifs is 1. The van der Waals surface area contributed by atoms with Gasteiger partial charge in [0.05, 0.1) is 15.7 Å². The summed E-state index contributed by atoms with van der Waals surface area (Å²) in [5.41, 5.74) is 3.06. The predicted molar refractivity (Wildman–Crippen MR) is 86.0 cm³/mol. The van der Waals surface area contributed by atoms with Crippen LogP contribution in [0.5, 0.6) is 11.5 Å². The lowest BCUT2D eigenvalue weighted by Gasteiger charge is -2.20. The topological polar surface area (TPSA) is 30.5 Å². The summed E-state index contributed by atoms with van der Waals surface area (Å²) in [6, 6.07) is 9.65. The largest absolute Gasteiger partial charge is 0.486 e. The minimum atomic E-state index is 0.531. The maximum Gasteiger partial charge on any atom is 0.179 e. The number of nitrogens with one attached hydrogen (secondary N) is 1. The van der Waals surface area contributed by atoms with E-state index in [0.29, 0.717) is 41.3 Å². The minimum Gasteiger partial charge on any atom is -0.486 e. The van der Waals surface area contributed by atoms with Gasteiger partial charge >= 0.3 is 0 Å². The number of hydrogen-bond donors (Lipinski definition) is 1. The minimum absolute atomic E-state index is 0.531. The summed E-state index contributed by atoms with van der Waals surface area (Å²) >= 11 is 12.4. The molecule has 0 aromatic heterocycles. The Morgan fingerprint density at radius 3 is 2.71 bits per heavy atom. The fourth-order valence-electron chi connectivity index (χ4n) is 2.31. The molecule has 1 aliphatic rings. The Kier molecular flexibility index (Phi) is 4.13. The van der Waals surface area contributed by atoms with Gasteiger partial charge in [0.15, 0.2) is 11.5 Å². The van der Waals surface area contributed by atoms with Crippen molar-refractivity contribution in [2.45, 2.75) is 13.5 Å². The van der Waals surface area contributed by atoms with E-state index in [2.05, 4.69) is 5.32 Å². The Hall–Kier alpha value is -1.58. The van der Waals surface area contributed by atoms with Gasteiger partial charge in [0.1, 0.15) is 13.2 Å². The molecule has 0 radical (unpaired) electrons. The molecular weight excluding hydrogens is 309 g/mol. The average molecular weight is 324 g/mol. The third-order valence-electron chi connectivity index (χ3n) is 3.35. The van der Waals surface area contributed by atoms with Crippen molar-refractivity contribution >= 4 is 28.9 Å². The van der Waals surface area contributed by atoms with Crippen LogP contribution in [0.4, 0.5) is 5.69 Å². The molecule has 5 heteroatoms. The molecule has 0 fully saturated rings. The van der Waals surface area contributed by atoms with Crippen LogP contribution in [-0.4, -0.2) is 13.2 Å². The number of ether oxygens (including phenoxy) is 2. The summed E-state index contributed by atoms with van der Waals surface area (Å²) in [6.07, 6.45) is 0. The molecule has 0 saturated heterocycles. The van der Waals surface area contributed by atoms with Gasteiger partial charge in [-0.05, 0) is 36.2 Å². The second kappa shape index (κ2) is 6.04. The van der Waals surface area contributed by atoms with Gasteiger partial charge in [-0.1, -0.05) is 35.3 Å². The number of aryl methyl sites for hydroxylation is 1. The van der Waals surface area contributed by atoms with Crippen molar-refractivity contribution in [3.05, 3.63) is 51.5 Å². The molecule has 1 N–H and O–H groups in total. The highest BCUT2D eigenvalue weighted by Gasteiger charge is 2.16. The monoisotopic (exact) mass is 323 g/mol. The second-order valence-electron chi connectivity index (χ2n) is 4.89. The molecule has 0 atom stereocenters. The lowest BCUT2D eigenvalue weighted by atomic mass is 10.1. The van der Waals surface area contributed by atoms with Crippen LogP contribution in [0.25, 0.3) is 0 Å². The quantitative estimate of drug-likeness (QED) is 0.889. The van der Waals surface area contributed by atoms with Gasteiger partial charge in [-0.2, -0.15) is 0 Å². The molecule has 0 aliphatic carbocycles. The van der Waals surface area contributed by atoms with Gasteiger partial charge in [-0.25, -0.2) is 0 Å². The van der Waals surface area contributed by atoms with Crippen LogP contribution in [0.2, 0.25) is 10.0 Å². The molecule has 0 saturated carbocycles. The number of halogens is 2. The van der Waals surface area contributed by atoms with Gasteiger partial charge in [-0.15, -0.1) is 0 Å². The Balaban J connectivity index is 1.81. The Morgan fingerprint density at radius 1 is 1.10 bits per heavy atom. The first-order valence-corrected chi connectivity index (χ1v) is 7.48. The highest BCUT2D eigenvalue weighted by molar-refractivity contribution is 6.33. The normalized spacial score (nSPS) is 13.1.